The van der Waals surface area contributed by atoms with Crippen LogP contribution in [0.15, 0.2) is 58.8 Å². The first-order chi connectivity index (χ1) is 14.9. The van der Waals surface area contributed by atoms with Crippen LogP contribution in [-0.4, -0.2) is 45.2 Å². The van der Waals surface area contributed by atoms with Gasteiger partial charge in [-0.05, 0) is 55.4 Å². The molecule has 0 saturated heterocycles. The van der Waals surface area contributed by atoms with Crippen molar-refractivity contribution in [3.05, 3.63) is 70.0 Å². The fourth-order valence-electron chi connectivity index (χ4n) is 3.05. The fourth-order valence-corrected chi connectivity index (χ4v) is 3.90. The Morgan fingerprint density at radius 1 is 1.29 bits per heavy atom. The lowest BCUT2D eigenvalue weighted by Gasteiger charge is -2.23. The Kier molecular flexibility index (Phi) is 7.24. The topological polar surface area (TPSA) is 106 Å². The third-order valence-electron chi connectivity index (χ3n) is 4.70. The number of rotatable bonds is 9. The normalized spacial score (nSPS) is 10.7. The van der Waals surface area contributed by atoms with Crippen LogP contribution in [0, 0.1) is 17.0 Å². The number of benzene rings is 2. The number of nitro groups is 1. The van der Waals surface area contributed by atoms with Crippen LogP contribution in [0.5, 0.6) is 0 Å². The Labute approximate surface area is 184 Å². The molecule has 0 spiro atoms. The molecule has 0 unspecified atom stereocenters. The van der Waals surface area contributed by atoms with Crippen LogP contribution in [0.3, 0.4) is 0 Å². The van der Waals surface area contributed by atoms with Crippen LogP contribution in [0.1, 0.15) is 22.8 Å². The molecule has 1 aromatic heterocycles. The van der Waals surface area contributed by atoms with Gasteiger partial charge in [-0.15, -0.1) is 10.2 Å². The number of nitro benzene ring substituents is 1. The standard InChI is InChI=1S/C21H24N6O3S/c1-4-26(17-7-5-6-15(2)12-17)11-10-22-20(28)16-8-9-19(18(13-16)27(29)30)31-21-24-23-14-25(21)3/h5-9,12-14H,4,10-11H2,1-3H3,(H,22,28). The fraction of sp³-hybridized carbons (Fsp3) is 0.286. The molecule has 162 valence electrons. The number of aromatic nitrogens is 3. The maximum atomic E-state index is 12.6. The van der Waals surface area contributed by atoms with Crippen molar-refractivity contribution < 1.29 is 9.72 Å². The Bertz CT molecular complexity index is 1080. The van der Waals surface area contributed by atoms with Crippen molar-refractivity contribution in [2.75, 3.05) is 24.5 Å². The SMILES string of the molecule is CCN(CCNC(=O)c1ccc(Sc2nncn2C)c([N+](=O)[O-])c1)c1cccc(C)c1. The van der Waals surface area contributed by atoms with Gasteiger partial charge in [0.2, 0.25) is 0 Å². The van der Waals surface area contributed by atoms with Gasteiger partial charge in [0.1, 0.15) is 6.33 Å². The lowest BCUT2D eigenvalue weighted by atomic mass is 10.2. The molecule has 31 heavy (non-hydrogen) atoms. The molecular formula is C21H24N6O3S. The molecule has 2 aromatic carbocycles. The minimum atomic E-state index is -0.494. The van der Waals surface area contributed by atoms with Gasteiger partial charge in [0, 0.05) is 44.0 Å². The highest BCUT2D eigenvalue weighted by Crippen LogP contribution is 2.34. The lowest BCUT2D eigenvalue weighted by molar-refractivity contribution is -0.387. The summed E-state index contributed by atoms with van der Waals surface area (Å²) in [4.78, 5) is 26.2. The van der Waals surface area contributed by atoms with Crippen molar-refractivity contribution in [3.63, 3.8) is 0 Å². The average molecular weight is 441 g/mol. The summed E-state index contributed by atoms with van der Waals surface area (Å²) >= 11 is 1.13. The molecular weight excluding hydrogens is 416 g/mol. The zero-order chi connectivity index (χ0) is 22.4. The number of amides is 1. The van der Waals surface area contributed by atoms with Crippen LogP contribution in [0.25, 0.3) is 0 Å². The second kappa shape index (κ2) is 10.1. The van der Waals surface area contributed by atoms with E-state index in [1.807, 2.05) is 25.1 Å². The van der Waals surface area contributed by atoms with Gasteiger partial charge in [0.05, 0.1) is 9.82 Å². The third-order valence-corrected chi connectivity index (χ3v) is 5.82. The smallest absolute Gasteiger partial charge is 0.284 e. The van der Waals surface area contributed by atoms with E-state index in [2.05, 4.69) is 33.4 Å². The number of anilines is 1. The van der Waals surface area contributed by atoms with Crippen molar-refractivity contribution in [1.82, 2.24) is 20.1 Å². The lowest BCUT2D eigenvalue weighted by Crippen LogP contribution is -2.35. The number of likely N-dealkylation sites (N-methyl/N-ethyl adjacent to an activating group) is 1. The molecule has 0 atom stereocenters. The van der Waals surface area contributed by atoms with Gasteiger partial charge < -0.3 is 14.8 Å². The number of hydrogen-bond donors (Lipinski definition) is 1. The second-order valence-electron chi connectivity index (χ2n) is 6.94. The zero-order valence-electron chi connectivity index (χ0n) is 17.6. The highest BCUT2D eigenvalue weighted by Gasteiger charge is 2.20. The number of hydrogen-bond acceptors (Lipinski definition) is 7. The van der Waals surface area contributed by atoms with Crippen LogP contribution in [-0.2, 0) is 7.05 Å². The first-order valence-corrected chi connectivity index (χ1v) is 10.6. The average Bonchev–Trinajstić information content (AvgIpc) is 3.15. The van der Waals surface area contributed by atoms with Crippen molar-refractivity contribution in [1.29, 1.82) is 0 Å². The molecule has 0 saturated carbocycles. The van der Waals surface area contributed by atoms with Crippen molar-refractivity contribution in [2.24, 2.45) is 7.05 Å². The van der Waals surface area contributed by atoms with E-state index in [1.54, 1.807) is 23.7 Å². The highest BCUT2D eigenvalue weighted by atomic mass is 32.2. The number of nitrogens with one attached hydrogen (secondary N) is 1. The Balaban J connectivity index is 1.66. The molecule has 0 bridgehead atoms. The monoisotopic (exact) mass is 440 g/mol. The van der Waals surface area contributed by atoms with Crippen molar-refractivity contribution >= 4 is 29.0 Å². The summed E-state index contributed by atoms with van der Waals surface area (Å²) in [6.07, 6.45) is 1.52. The number of nitrogens with zero attached hydrogens (tertiary/aromatic N) is 5. The van der Waals surface area contributed by atoms with Gasteiger partial charge in [0.15, 0.2) is 5.16 Å². The van der Waals surface area contributed by atoms with E-state index in [9.17, 15) is 14.9 Å². The maximum absolute atomic E-state index is 12.6. The van der Waals surface area contributed by atoms with Crippen LogP contribution in [0.4, 0.5) is 11.4 Å². The molecule has 1 amide bonds. The van der Waals surface area contributed by atoms with Gasteiger partial charge >= 0.3 is 0 Å². The van der Waals surface area contributed by atoms with Gasteiger partial charge in [-0.25, -0.2) is 0 Å². The van der Waals surface area contributed by atoms with E-state index in [0.29, 0.717) is 23.1 Å². The van der Waals surface area contributed by atoms with Gasteiger partial charge in [0.25, 0.3) is 11.6 Å². The summed E-state index contributed by atoms with van der Waals surface area (Å²) in [6.45, 7) is 5.95. The summed E-state index contributed by atoms with van der Waals surface area (Å²) < 4.78 is 1.67. The van der Waals surface area contributed by atoms with E-state index in [4.69, 9.17) is 0 Å². The van der Waals surface area contributed by atoms with Gasteiger partial charge in [-0.1, -0.05) is 12.1 Å². The number of carbonyl (C=O) groups excluding carboxylic acids is 1. The van der Waals surface area contributed by atoms with Crippen LogP contribution >= 0.6 is 11.8 Å². The molecule has 1 N–H and O–H groups in total. The summed E-state index contributed by atoms with van der Waals surface area (Å²) in [6, 6.07) is 12.6. The molecule has 0 fully saturated rings. The quantitative estimate of drug-likeness (QED) is 0.401. The number of carbonyl (C=O) groups is 1. The molecule has 0 aliphatic heterocycles. The van der Waals surface area contributed by atoms with Crippen molar-refractivity contribution in [3.8, 4) is 0 Å². The van der Waals surface area contributed by atoms with E-state index in [-0.39, 0.29) is 17.2 Å². The molecule has 10 heteroatoms. The first-order valence-electron chi connectivity index (χ1n) is 9.79. The molecule has 1 heterocycles. The van der Waals surface area contributed by atoms with E-state index in [1.165, 1.54) is 18.0 Å². The molecule has 0 aliphatic rings. The molecule has 3 rings (SSSR count). The van der Waals surface area contributed by atoms with Crippen molar-refractivity contribution in [2.45, 2.75) is 23.9 Å². The third kappa shape index (κ3) is 5.60. The second-order valence-corrected chi connectivity index (χ2v) is 7.95. The predicted molar refractivity (Wildman–Crippen MR) is 120 cm³/mol. The number of aryl methyl sites for hydroxylation is 2. The summed E-state index contributed by atoms with van der Waals surface area (Å²) in [5.41, 5.74) is 2.37. The molecule has 3 aromatic rings. The van der Waals surface area contributed by atoms with Crippen LogP contribution < -0.4 is 10.2 Å². The maximum Gasteiger partial charge on any atom is 0.284 e. The molecule has 0 aliphatic carbocycles. The van der Waals surface area contributed by atoms with Gasteiger partial charge in [-0.2, -0.15) is 0 Å². The summed E-state index contributed by atoms with van der Waals surface area (Å²) in [5, 5.41) is 22.6. The Morgan fingerprint density at radius 2 is 2.10 bits per heavy atom. The van der Waals surface area contributed by atoms with E-state index < -0.39 is 4.92 Å². The highest BCUT2D eigenvalue weighted by molar-refractivity contribution is 7.99. The summed E-state index contributed by atoms with van der Waals surface area (Å²) in [7, 11) is 1.76. The molecule has 9 nitrogen and oxygen atoms in total. The minimum absolute atomic E-state index is 0.143. The first kappa shape index (κ1) is 22.3. The largest absolute Gasteiger partial charge is 0.370 e. The van der Waals surface area contributed by atoms with Crippen LogP contribution in [0.2, 0.25) is 0 Å². The molecule has 0 radical (unpaired) electrons. The van der Waals surface area contributed by atoms with E-state index >= 15 is 0 Å². The predicted octanol–water partition coefficient (Wildman–Crippen LogP) is 3.44. The van der Waals surface area contributed by atoms with E-state index in [0.717, 1.165) is 24.0 Å². The summed E-state index contributed by atoms with van der Waals surface area (Å²) in [5.74, 6) is -0.349. The minimum Gasteiger partial charge on any atom is -0.370 e. The van der Waals surface area contributed by atoms with Gasteiger partial charge in [-0.3, -0.25) is 14.9 Å². The zero-order valence-corrected chi connectivity index (χ0v) is 18.4. The Morgan fingerprint density at radius 3 is 2.74 bits per heavy atom. The Hall–Kier alpha value is -3.40.